The van der Waals surface area contributed by atoms with Crippen LogP contribution in [0.1, 0.15) is 25.1 Å². The molecule has 6 nitrogen and oxygen atoms in total. The minimum Gasteiger partial charge on any atom is -0.370 e. The molecule has 1 aromatic heterocycles. The van der Waals surface area contributed by atoms with Crippen LogP contribution in [-0.2, 0) is 24.9 Å². The number of aromatic nitrogens is 3. The van der Waals surface area contributed by atoms with Crippen molar-refractivity contribution in [1.29, 1.82) is 0 Å². The minimum atomic E-state index is -0.305. The number of carbonyl (C=O) groups is 1. The average Bonchev–Trinajstić information content (AvgIpc) is 2.91. The lowest BCUT2D eigenvalue weighted by Crippen LogP contribution is -3.09. The summed E-state index contributed by atoms with van der Waals surface area (Å²) in [5.74, 6) is 0.526. The molecule has 3 N–H and O–H groups in total. The summed E-state index contributed by atoms with van der Waals surface area (Å²) >= 11 is 5.36. The van der Waals surface area contributed by atoms with Crippen molar-refractivity contribution < 1.29 is 9.69 Å². The van der Waals surface area contributed by atoms with Crippen LogP contribution in [0.5, 0.6) is 0 Å². The fourth-order valence-corrected chi connectivity index (χ4v) is 2.54. The number of hydrogen-bond acceptors (Lipinski definition) is 3. The van der Waals surface area contributed by atoms with Crippen molar-refractivity contribution in [3.05, 3.63) is 10.6 Å². The summed E-state index contributed by atoms with van der Waals surface area (Å²) in [6.45, 7) is 3.20. The molecule has 2 heterocycles. The number of amides is 1. The van der Waals surface area contributed by atoms with Crippen molar-refractivity contribution in [2.45, 2.75) is 32.4 Å². The molecular formula is C11H20N5OS+. The first kappa shape index (κ1) is 13.2. The number of carbonyl (C=O) groups excluding carboxylic acids is 1. The van der Waals surface area contributed by atoms with Crippen LogP contribution >= 0.6 is 12.2 Å². The first-order chi connectivity index (χ1) is 8.58. The predicted octanol–water partition coefficient (Wildman–Crippen LogP) is -0.995. The maximum absolute atomic E-state index is 10.8. The van der Waals surface area contributed by atoms with E-state index in [1.807, 2.05) is 16.3 Å². The van der Waals surface area contributed by atoms with Crippen molar-refractivity contribution in [1.82, 2.24) is 14.3 Å². The van der Waals surface area contributed by atoms with Crippen molar-refractivity contribution in [2.24, 2.45) is 12.8 Å². The third-order valence-electron chi connectivity index (χ3n) is 3.41. The van der Waals surface area contributed by atoms with Gasteiger partial charge in [-0.15, -0.1) is 0 Å². The molecule has 1 aromatic rings. The van der Waals surface area contributed by atoms with Gasteiger partial charge in [0.15, 0.2) is 6.67 Å². The van der Waals surface area contributed by atoms with Crippen LogP contribution in [-0.4, -0.2) is 33.3 Å². The van der Waals surface area contributed by atoms with E-state index in [0.29, 0.717) is 17.6 Å². The Labute approximate surface area is 111 Å². The van der Waals surface area contributed by atoms with E-state index in [2.05, 4.69) is 5.10 Å². The van der Waals surface area contributed by atoms with Crippen LogP contribution in [0.15, 0.2) is 0 Å². The molecule has 1 saturated heterocycles. The van der Waals surface area contributed by atoms with Gasteiger partial charge in [-0.3, -0.25) is 4.79 Å². The average molecular weight is 270 g/mol. The highest BCUT2D eigenvalue weighted by Gasteiger charge is 2.18. The molecule has 7 heteroatoms. The van der Waals surface area contributed by atoms with Crippen molar-refractivity contribution in [3.63, 3.8) is 0 Å². The highest BCUT2D eigenvalue weighted by Crippen LogP contribution is 2.01. The van der Waals surface area contributed by atoms with Crippen molar-refractivity contribution >= 4 is 18.1 Å². The first-order valence-electron chi connectivity index (χ1n) is 6.32. The molecule has 0 bridgehead atoms. The number of nitrogens with one attached hydrogen (secondary N) is 1. The monoisotopic (exact) mass is 270 g/mol. The number of nitrogens with zero attached hydrogens (tertiary/aromatic N) is 3. The Bertz CT molecular complexity index is 486. The van der Waals surface area contributed by atoms with Gasteiger partial charge in [0, 0.05) is 32.7 Å². The molecule has 0 saturated carbocycles. The molecule has 0 radical (unpaired) electrons. The standard InChI is InChI=1S/C11H19N5OS/c1-14-10(5-4-9(12)17)13-16(11(14)18)8-15-6-2-3-7-15/h2-8H2,1H3,(H2,12,17)/p+1. The topological polar surface area (TPSA) is 70.3 Å². The Hall–Kier alpha value is -1.21. The van der Waals surface area contributed by atoms with Crippen LogP contribution in [0.25, 0.3) is 0 Å². The summed E-state index contributed by atoms with van der Waals surface area (Å²) in [4.78, 5) is 12.3. The number of nitrogens with two attached hydrogens (primary N) is 1. The lowest BCUT2D eigenvalue weighted by molar-refractivity contribution is -0.911. The largest absolute Gasteiger partial charge is 0.370 e. The van der Waals surface area contributed by atoms with Crippen LogP contribution in [0.2, 0.25) is 0 Å². The number of primary amides is 1. The molecule has 1 amide bonds. The van der Waals surface area contributed by atoms with E-state index in [1.165, 1.54) is 30.8 Å². The summed E-state index contributed by atoms with van der Waals surface area (Å²) in [5.41, 5.74) is 5.15. The Balaban J connectivity index is 2.08. The molecule has 0 unspecified atom stereocenters. The number of likely N-dealkylation sites (tertiary alicyclic amines) is 1. The number of hydrogen-bond donors (Lipinski definition) is 2. The highest BCUT2D eigenvalue weighted by molar-refractivity contribution is 7.71. The summed E-state index contributed by atoms with van der Waals surface area (Å²) in [6.07, 6.45) is 3.43. The third-order valence-corrected chi connectivity index (χ3v) is 3.89. The van der Waals surface area contributed by atoms with E-state index in [1.54, 1.807) is 0 Å². The number of rotatable bonds is 5. The van der Waals surface area contributed by atoms with Gasteiger partial charge in [-0.25, -0.2) is 0 Å². The van der Waals surface area contributed by atoms with Crippen LogP contribution < -0.4 is 10.6 Å². The molecular weight excluding hydrogens is 250 g/mol. The number of quaternary nitrogens is 1. The van der Waals surface area contributed by atoms with Gasteiger partial charge in [-0.1, -0.05) is 0 Å². The zero-order valence-electron chi connectivity index (χ0n) is 10.7. The molecule has 0 aliphatic carbocycles. The van der Waals surface area contributed by atoms with Gasteiger partial charge in [0.05, 0.1) is 13.1 Å². The lowest BCUT2D eigenvalue weighted by atomic mass is 10.3. The van der Waals surface area contributed by atoms with Crippen LogP contribution in [0.3, 0.4) is 0 Å². The van der Waals surface area contributed by atoms with Gasteiger partial charge in [0.1, 0.15) is 5.82 Å². The summed E-state index contributed by atoms with van der Waals surface area (Å²) in [6, 6.07) is 0. The van der Waals surface area contributed by atoms with E-state index in [-0.39, 0.29) is 5.91 Å². The Morgan fingerprint density at radius 3 is 2.78 bits per heavy atom. The molecule has 100 valence electrons. The molecule has 1 aliphatic heterocycles. The van der Waals surface area contributed by atoms with E-state index in [4.69, 9.17) is 18.0 Å². The smallest absolute Gasteiger partial charge is 0.217 e. The van der Waals surface area contributed by atoms with E-state index in [0.717, 1.165) is 12.5 Å². The van der Waals surface area contributed by atoms with Crippen LogP contribution in [0, 0.1) is 4.77 Å². The SMILES string of the molecule is Cn1c(CCC(N)=O)nn(C[NH+]2CCCC2)c1=S. The van der Waals surface area contributed by atoms with Crippen molar-refractivity contribution in [3.8, 4) is 0 Å². The molecule has 1 fully saturated rings. The molecule has 0 spiro atoms. The van der Waals surface area contributed by atoms with Gasteiger partial charge in [0.2, 0.25) is 10.7 Å². The zero-order valence-corrected chi connectivity index (χ0v) is 11.5. The molecule has 18 heavy (non-hydrogen) atoms. The van der Waals surface area contributed by atoms with E-state index >= 15 is 0 Å². The summed E-state index contributed by atoms with van der Waals surface area (Å²) < 4.78 is 4.45. The summed E-state index contributed by atoms with van der Waals surface area (Å²) in [7, 11) is 1.89. The van der Waals surface area contributed by atoms with Crippen molar-refractivity contribution in [2.75, 3.05) is 13.1 Å². The highest BCUT2D eigenvalue weighted by atomic mass is 32.1. The number of aryl methyl sites for hydroxylation is 1. The van der Waals surface area contributed by atoms with Gasteiger partial charge < -0.3 is 15.2 Å². The molecule has 2 rings (SSSR count). The Morgan fingerprint density at radius 2 is 2.17 bits per heavy atom. The Kier molecular flexibility index (Phi) is 4.13. The Morgan fingerprint density at radius 1 is 1.50 bits per heavy atom. The lowest BCUT2D eigenvalue weighted by Gasteiger charge is -2.10. The second kappa shape index (κ2) is 5.62. The zero-order chi connectivity index (χ0) is 13.1. The predicted molar refractivity (Wildman–Crippen MR) is 69.5 cm³/mol. The van der Waals surface area contributed by atoms with E-state index in [9.17, 15) is 4.79 Å². The van der Waals surface area contributed by atoms with Gasteiger partial charge in [-0.2, -0.15) is 9.78 Å². The second-order valence-electron chi connectivity index (χ2n) is 4.84. The van der Waals surface area contributed by atoms with Crippen LogP contribution in [0.4, 0.5) is 0 Å². The normalized spacial score (nSPS) is 16.3. The fourth-order valence-electron chi connectivity index (χ4n) is 2.33. The van der Waals surface area contributed by atoms with Gasteiger partial charge in [0.25, 0.3) is 0 Å². The molecule has 0 atom stereocenters. The van der Waals surface area contributed by atoms with Gasteiger partial charge >= 0.3 is 0 Å². The maximum Gasteiger partial charge on any atom is 0.217 e. The molecule has 0 aromatic carbocycles. The quantitative estimate of drug-likeness (QED) is 0.675. The maximum atomic E-state index is 10.8. The first-order valence-corrected chi connectivity index (χ1v) is 6.73. The summed E-state index contributed by atoms with van der Waals surface area (Å²) in [5, 5.41) is 4.49. The van der Waals surface area contributed by atoms with Gasteiger partial charge in [-0.05, 0) is 12.2 Å². The third kappa shape index (κ3) is 2.97. The second-order valence-corrected chi connectivity index (χ2v) is 5.20. The molecule has 1 aliphatic rings. The van der Waals surface area contributed by atoms with E-state index < -0.39 is 0 Å². The fraction of sp³-hybridized carbons (Fsp3) is 0.727. The minimum absolute atomic E-state index is 0.305.